The van der Waals surface area contributed by atoms with Gasteiger partial charge in [-0.2, -0.15) is 0 Å². The minimum atomic E-state index is -0.216. The van der Waals surface area contributed by atoms with E-state index < -0.39 is 0 Å². The predicted octanol–water partition coefficient (Wildman–Crippen LogP) is 2.00. The zero-order valence-electron chi connectivity index (χ0n) is 10.2. The topological polar surface area (TPSA) is 67.0 Å². The molecule has 0 fully saturated rings. The van der Waals surface area contributed by atoms with Gasteiger partial charge in [-0.25, -0.2) is 4.98 Å². The standard InChI is InChI=1S/C14H13N3O2/c18-13(17-14-15-6-7-16-14)4-2-10-1-3-12-11(9-10)5-8-19-12/h1-4,6-7,9H,5,8H2,(H2,15,16,17,18)/b4-2+. The summed E-state index contributed by atoms with van der Waals surface area (Å²) in [6.07, 6.45) is 7.42. The Balaban J connectivity index is 1.67. The number of amides is 1. The van der Waals surface area contributed by atoms with Gasteiger partial charge in [-0.05, 0) is 29.3 Å². The van der Waals surface area contributed by atoms with Crippen molar-refractivity contribution in [1.29, 1.82) is 0 Å². The maximum absolute atomic E-state index is 11.6. The van der Waals surface area contributed by atoms with Crippen LogP contribution in [0.3, 0.4) is 0 Å². The van der Waals surface area contributed by atoms with Gasteiger partial charge in [0.1, 0.15) is 5.75 Å². The number of nitrogens with zero attached hydrogens (tertiary/aromatic N) is 1. The number of imidazole rings is 1. The van der Waals surface area contributed by atoms with Crippen LogP contribution in [0.4, 0.5) is 5.95 Å². The second kappa shape index (κ2) is 4.97. The Hall–Kier alpha value is -2.56. The van der Waals surface area contributed by atoms with Crippen LogP contribution in [-0.4, -0.2) is 22.5 Å². The van der Waals surface area contributed by atoms with Crippen LogP contribution < -0.4 is 10.1 Å². The number of nitrogens with one attached hydrogen (secondary N) is 2. The normalized spacial score (nSPS) is 13.3. The molecule has 2 aromatic rings. The number of hydrogen-bond donors (Lipinski definition) is 2. The SMILES string of the molecule is O=C(/C=C/c1ccc2c(c1)CCO2)Nc1ncc[nH]1. The number of rotatable bonds is 3. The predicted molar refractivity (Wildman–Crippen MR) is 71.9 cm³/mol. The maximum atomic E-state index is 11.6. The highest BCUT2D eigenvalue weighted by atomic mass is 16.5. The molecule has 1 aliphatic rings. The number of anilines is 1. The molecule has 0 aliphatic carbocycles. The van der Waals surface area contributed by atoms with E-state index in [-0.39, 0.29) is 5.91 Å². The number of fused-ring (bicyclic) bond motifs is 1. The lowest BCUT2D eigenvalue weighted by molar-refractivity contribution is -0.111. The van der Waals surface area contributed by atoms with E-state index in [4.69, 9.17) is 4.74 Å². The van der Waals surface area contributed by atoms with Crippen LogP contribution in [0, 0.1) is 0 Å². The summed E-state index contributed by atoms with van der Waals surface area (Å²) in [7, 11) is 0. The molecule has 0 unspecified atom stereocenters. The fourth-order valence-electron chi connectivity index (χ4n) is 1.97. The van der Waals surface area contributed by atoms with Gasteiger partial charge in [-0.1, -0.05) is 6.07 Å². The van der Waals surface area contributed by atoms with Gasteiger partial charge in [0.05, 0.1) is 6.61 Å². The van der Waals surface area contributed by atoms with Gasteiger partial charge in [0.2, 0.25) is 5.95 Å². The second-order valence-corrected chi connectivity index (χ2v) is 4.23. The molecule has 2 N–H and O–H groups in total. The van der Waals surface area contributed by atoms with Crippen molar-refractivity contribution >= 4 is 17.9 Å². The number of carbonyl (C=O) groups is 1. The number of H-pyrrole nitrogens is 1. The summed E-state index contributed by atoms with van der Waals surface area (Å²) in [6.45, 7) is 0.738. The average molecular weight is 255 g/mol. The maximum Gasteiger partial charge on any atom is 0.250 e. The molecule has 3 rings (SSSR count). The molecule has 5 nitrogen and oxygen atoms in total. The Bertz CT molecular complexity index is 618. The first kappa shape index (κ1) is 11.5. The van der Waals surface area contributed by atoms with E-state index in [9.17, 15) is 4.79 Å². The summed E-state index contributed by atoms with van der Waals surface area (Å²) in [6, 6.07) is 5.91. The molecule has 0 saturated carbocycles. The van der Waals surface area contributed by atoms with E-state index >= 15 is 0 Å². The molecule has 0 spiro atoms. The van der Waals surface area contributed by atoms with Gasteiger partial charge in [-0.15, -0.1) is 0 Å². The minimum absolute atomic E-state index is 0.216. The van der Waals surface area contributed by atoms with Gasteiger partial charge in [0.25, 0.3) is 5.91 Å². The molecule has 0 bridgehead atoms. The first-order valence-corrected chi connectivity index (χ1v) is 6.05. The molecule has 0 saturated heterocycles. The molecular weight excluding hydrogens is 242 g/mol. The number of aromatic amines is 1. The van der Waals surface area contributed by atoms with Gasteiger partial charge in [-0.3, -0.25) is 10.1 Å². The third-order valence-corrected chi connectivity index (χ3v) is 2.88. The zero-order valence-corrected chi connectivity index (χ0v) is 10.2. The third-order valence-electron chi connectivity index (χ3n) is 2.88. The van der Waals surface area contributed by atoms with Crippen molar-refractivity contribution in [2.75, 3.05) is 11.9 Å². The van der Waals surface area contributed by atoms with Crippen LogP contribution in [0.2, 0.25) is 0 Å². The van der Waals surface area contributed by atoms with Crippen LogP contribution in [0.15, 0.2) is 36.7 Å². The van der Waals surface area contributed by atoms with Crippen LogP contribution in [0.1, 0.15) is 11.1 Å². The molecule has 2 heterocycles. The van der Waals surface area contributed by atoms with Gasteiger partial charge >= 0.3 is 0 Å². The highest BCUT2D eigenvalue weighted by molar-refractivity contribution is 6.00. The minimum Gasteiger partial charge on any atom is -0.493 e. The van der Waals surface area contributed by atoms with E-state index in [1.807, 2.05) is 18.2 Å². The Kier molecular flexibility index (Phi) is 3.02. The van der Waals surface area contributed by atoms with E-state index in [2.05, 4.69) is 15.3 Å². The molecule has 1 aromatic heterocycles. The van der Waals surface area contributed by atoms with Crippen molar-refractivity contribution in [3.05, 3.63) is 47.8 Å². The Labute approximate surface area is 110 Å². The first-order valence-electron chi connectivity index (χ1n) is 6.05. The number of hydrogen-bond acceptors (Lipinski definition) is 3. The summed E-state index contributed by atoms with van der Waals surface area (Å²) >= 11 is 0. The second-order valence-electron chi connectivity index (χ2n) is 4.23. The van der Waals surface area contributed by atoms with Crippen LogP contribution in [0.25, 0.3) is 6.08 Å². The van der Waals surface area contributed by atoms with Crippen molar-refractivity contribution in [1.82, 2.24) is 9.97 Å². The lowest BCUT2D eigenvalue weighted by Gasteiger charge is -2.00. The number of benzene rings is 1. The lowest BCUT2D eigenvalue weighted by atomic mass is 10.1. The van der Waals surface area contributed by atoms with Crippen LogP contribution in [0.5, 0.6) is 5.75 Å². The molecule has 0 atom stereocenters. The molecular formula is C14H13N3O2. The summed E-state index contributed by atoms with van der Waals surface area (Å²) in [5.74, 6) is 1.17. The molecule has 0 radical (unpaired) electrons. The van der Waals surface area contributed by atoms with Crippen molar-refractivity contribution in [3.8, 4) is 5.75 Å². The molecule has 1 aromatic carbocycles. The monoisotopic (exact) mass is 255 g/mol. The molecule has 5 heteroatoms. The van der Waals surface area contributed by atoms with E-state index in [1.165, 1.54) is 11.6 Å². The zero-order chi connectivity index (χ0) is 13.1. The number of carbonyl (C=O) groups excluding carboxylic acids is 1. The van der Waals surface area contributed by atoms with Crippen molar-refractivity contribution in [3.63, 3.8) is 0 Å². The third kappa shape index (κ3) is 2.65. The highest BCUT2D eigenvalue weighted by Gasteiger charge is 2.11. The molecule has 1 aliphatic heterocycles. The summed E-state index contributed by atoms with van der Waals surface area (Å²) in [5.41, 5.74) is 2.17. The largest absolute Gasteiger partial charge is 0.493 e. The smallest absolute Gasteiger partial charge is 0.250 e. The molecule has 19 heavy (non-hydrogen) atoms. The van der Waals surface area contributed by atoms with E-state index in [1.54, 1.807) is 18.5 Å². The Morgan fingerprint density at radius 2 is 2.42 bits per heavy atom. The Morgan fingerprint density at radius 3 is 3.26 bits per heavy atom. The first-order chi connectivity index (χ1) is 9.31. The van der Waals surface area contributed by atoms with Gasteiger partial charge in [0.15, 0.2) is 0 Å². The van der Waals surface area contributed by atoms with Gasteiger partial charge < -0.3 is 9.72 Å². The van der Waals surface area contributed by atoms with Crippen molar-refractivity contribution in [2.45, 2.75) is 6.42 Å². The van der Waals surface area contributed by atoms with Crippen molar-refractivity contribution in [2.24, 2.45) is 0 Å². The van der Waals surface area contributed by atoms with E-state index in [0.717, 1.165) is 24.3 Å². The quantitative estimate of drug-likeness (QED) is 0.824. The summed E-state index contributed by atoms with van der Waals surface area (Å²) in [5, 5.41) is 2.63. The molecule has 1 amide bonds. The highest BCUT2D eigenvalue weighted by Crippen LogP contribution is 2.26. The Morgan fingerprint density at radius 1 is 1.47 bits per heavy atom. The van der Waals surface area contributed by atoms with E-state index in [0.29, 0.717) is 5.95 Å². The van der Waals surface area contributed by atoms with Crippen LogP contribution in [-0.2, 0) is 11.2 Å². The average Bonchev–Trinajstić information content (AvgIpc) is 3.06. The fourth-order valence-corrected chi connectivity index (χ4v) is 1.97. The van der Waals surface area contributed by atoms with Crippen LogP contribution >= 0.6 is 0 Å². The number of aromatic nitrogens is 2. The number of ether oxygens (including phenoxy) is 1. The fraction of sp³-hybridized carbons (Fsp3) is 0.143. The summed E-state index contributed by atoms with van der Waals surface area (Å²) < 4.78 is 5.43. The van der Waals surface area contributed by atoms with Crippen molar-refractivity contribution < 1.29 is 9.53 Å². The summed E-state index contributed by atoms with van der Waals surface area (Å²) in [4.78, 5) is 18.4. The lowest BCUT2D eigenvalue weighted by Crippen LogP contribution is -2.08. The van der Waals surface area contributed by atoms with Gasteiger partial charge in [0, 0.05) is 24.9 Å². The molecule has 96 valence electrons.